The first-order valence-corrected chi connectivity index (χ1v) is 7.75. The second kappa shape index (κ2) is 4.95. The van der Waals surface area contributed by atoms with Crippen LogP contribution in [0, 0.1) is 6.92 Å². The summed E-state index contributed by atoms with van der Waals surface area (Å²) in [6.07, 6.45) is 4.37. The van der Waals surface area contributed by atoms with Gasteiger partial charge in [-0.3, -0.25) is 4.98 Å². The molecule has 7 nitrogen and oxygen atoms in total. The van der Waals surface area contributed by atoms with E-state index in [0.717, 1.165) is 6.42 Å². The van der Waals surface area contributed by atoms with E-state index >= 15 is 0 Å². The summed E-state index contributed by atoms with van der Waals surface area (Å²) >= 11 is 0. The minimum absolute atomic E-state index is 0.187. The maximum atomic E-state index is 12.6. The molecule has 0 N–H and O–H groups in total. The fourth-order valence-electron chi connectivity index (χ4n) is 2.37. The van der Waals surface area contributed by atoms with E-state index in [1.54, 1.807) is 25.3 Å². The van der Waals surface area contributed by atoms with Crippen molar-refractivity contribution in [2.45, 2.75) is 30.7 Å². The molecule has 0 radical (unpaired) electrons. The van der Waals surface area contributed by atoms with Gasteiger partial charge in [0.25, 0.3) is 0 Å². The van der Waals surface area contributed by atoms with Crippen LogP contribution in [-0.2, 0) is 10.0 Å². The third-order valence-corrected chi connectivity index (χ3v) is 5.18. The highest BCUT2D eigenvalue weighted by atomic mass is 32.2. The highest BCUT2D eigenvalue weighted by molar-refractivity contribution is 7.89. The Hall–Kier alpha value is -1.80. The average molecular weight is 294 g/mol. The first kappa shape index (κ1) is 13.2. The lowest BCUT2D eigenvalue weighted by molar-refractivity contribution is 0.349. The summed E-state index contributed by atoms with van der Waals surface area (Å²) in [5.41, 5.74) is 0. The van der Waals surface area contributed by atoms with Crippen LogP contribution in [0.3, 0.4) is 0 Å². The Bertz CT molecular complexity index is 699. The number of sulfonamides is 1. The summed E-state index contributed by atoms with van der Waals surface area (Å²) in [4.78, 5) is 8.21. The predicted octanol–water partition coefficient (Wildman–Crippen LogP) is 1.30. The van der Waals surface area contributed by atoms with Gasteiger partial charge in [-0.15, -0.1) is 0 Å². The Labute approximate surface area is 116 Å². The second-order valence-corrected chi connectivity index (χ2v) is 6.52. The molecule has 2 aromatic rings. The molecule has 3 rings (SSSR count). The minimum atomic E-state index is -3.58. The maximum absolute atomic E-state index is 12.6. The van der Waals surface area contributed by atoms with Gasteiger partial charge in [-0.1, -0.05) is 5.16 Å². The Morgan fingerprint density at radius 2 is 2.30 bits per heavy atom. The van der Waals surface area contributed by atoms with E-state index in [-0.39, 0.29) is 10.9 Å². The van der Waals surface area contributed by atoms with Crippen molar-refractivity contribution in [3.05, 3.63) is 36.2 Å². The summed E-state index contributed by atoms with van der Waals surface area (Å²) in [7, 11) is -3.58. The van der Waals surface area contributed by atoms with Crippen LogP contribution in [0.25, 0.3) is 0 Å². The van der Waals surface area contributed by atoms with Crippen LogP contribution in [0.15, 0.2) is 33.9 Å². The van der Waals surface area contributed by atoms with E-state index in [9.17, 15) is 8.42 Å². The zero-order valence-electron chi connectivity index (χ0n) is 10.9. The Kier molecular flexibility index (Phi) is 3.27. The molecule has 0 aromatic carbocycles. The molecule has 0 aliphatic carbocycles. The largest absolute Gasteiger partial charge is 0.340 e. The first-order valence-electron chi connectivity index (χ1n) is 6.31. The smallest absolute Gasteiger partial charge is 0.245 e. The molecule has 0 amide bonds. The van der Waals surface area contributed by atoms with Gasteiger partial charge in [-0.25, -0.2) is 8.42 Å². The number of aryl methyl sites for hydroxylation is 1. The van der Waals surface area contributed by atoms with Crippen molar-refractivity contribution in [1.29, 1.82) is 0 Å². The van der Waals surface area contributed by atoms with Crippen molar-refractivity contribution in [2.24, 2.45) is 0 Å². The van der Waals surface area contributed by atoms with E-state index in [4.69, 9.17) is 4.52 Å². The van der Waals surface area contributed by atoms with Crippen molar-refractivity contribution in [3.8, 4) is 0 Å². The van der Waals surface area contributed by atoms with E-state index < -0.39 is 10.0 Å². The second-order valence-electron chi connectivity index (χ2n) is 4.63. The molecule has 2 aromatic heterocycles. The first-order chi connectivity index (χ1) is 9.59. The van der Waals surface area contributed by atoms with Crippen LogP contribution in [0.2, 0.25) is 0 Å². The van der Waals surface area contributed by atoms with Crippen LogP contribution in [-0.4, -0.2) is 34.4 Å². The number of rotatable bonds is 3. The van der Waals surface area contributed by atoms with E-state index in [2.05, 4.69) is 15.1 Å². The monoisotopic (exact) mass is 294 g/mol. The van der Waals surface area contributed by atoms with E-state index in [0.29, 0.717) is 24.7 Å². The van der Waals surface area contributed by atoms with Gasteiger partial charge in [0.1, 0.15) is 4.90 Å². The van der Waals surface area contributed by atoms with Crippen LogP contribution in [0.4, 0.5) is 0 Å². The number of hydrogen-bond donors (Lipinski definition) is 0. The Morgan fingerprint density at radius 3 is 2.95 bits per heavy atom. The minimum Gasteiger partial charge on any atom is -0.340 e. The molecule has 1 aliphatic heterocycles. The number of nitrogens with zero attached hydrogens (tertiary/aromatic N) is 4. The van der Waals surface area contributed by atoms with Gasteiger partial charge in [-0.2, -0.15) is 9.29 Å². The molecule has 0 spiro atoms. The molecule has 0 unspecified atom stereocenters. The quantitative estimate of drug-likeness (QED) is 0.847. The normalized spacial score (nSPS) is 20.4. The molecule has 1 fully saturated rings. The predicted molar refractivity (Wildman–Crippen MR) is 69.1 cm³/mol. The van der Waals surface area contributed by atoms with Gasteiger partial charge in [0.05, 0.1) is 6.04 Å². The van der Waals surface area contributed by atoms with Crippen LogP contribution < -0.4 is 0 Å². The molecule has 1 atom stereocenters. The highest BCUT2D eigenvalue weighted by Gasteiger charge is 2.38. The lowest BCUT2D eigenvalue weighted by Gasteiger charge is -2.21. The molecule has 1 aliphatic rings. The van der Waals surface area contributed by atoms with Gasteiger partial charge in [0.2, 0.25) is 15.9 Å². The third kappa shape index (κ3) is 2.20. The molecule has 1 saturated heterocycles. The van der Waals surface area contributed by atoms with Gasteiger partial charge >= 0.3 is 0 Å². The summed E-state index contributed by atoms with van der Waals surface area (Å²) in [5.74, 6) is 0.859. The standard InChI is InChI=1S/C12H14N4O3S/c1-9-14-12(15-19-9)11-5-3-7-16(11)20(17,18)10-4-2-6-13-8-10/h2,4,6,8,11H,3,5,7H2,1H3/t11-/m1/s1. The molecule has 0 bridgehead atoms. The van der Waals surface area contributed by atoms with Crippen LogP contribution in [0.5, 0.6) is 0 Å². The number of hydrogen-bond acceptors (Lipinski definition) is 6. The van der Waals surface area contributed by atoms with Crippen LogP contribution >= 0.6 is 0 Å². The molecule has 106 valence electrons. The molecule has 20 heavy (non-hydrogen) atoms. The SMILES string of the molecule is Cc1nc([C@H]2CCCN2S(=O)(=O)c2cccnc2)no1. The summed E-state index contributed by atoms with van der Waals surface area (Å²) < 4.78 is 31.6. The summed E-state index contributed by atoms with van der Waals surface area (Å²) in [6, 6.07) is 2.79. The van der Waals surface area contributed by atoms with Gasteiger partial charge in [0.15, 0.2) is 5.82 Å². The van der Waals surface area contributed by atoms with E-state index in [1.807, 2.05) is 0 Å². The summed E-state index contributed by atoms with van der Waals surface area (Å²) in [6.45, 7) is 2.14. The average Bonchev–Trinajstić information content (AvgIpc) is 3.08. The van der Waals surface area contributed by atoms with Crippen molar-refractivity contribution < 1.29 is 12.9 Å². The van der Waals surface area contributed by atoms with Crippen molar-refractivity contribution >= 4 is 10.0 Å². The fraction of sp³-hybridized carbons (Fsp3) is 0.417. The van der Waals surface area contributed by atoms with Crippen molar-refractivity contribution in [1.82, 2.24) is 19.4 Å². The molecule has 8 heteroatoms. The zero-order valence-corrected chi connectivity index (χ0v) is 11.7. The van der Waals surface area contributed by atoms with Crippen molar-refractivity contribution in [2.75, 3.05) is 6.54 Å². The fourth-order valence-corrected chi connectivity index (χ4v) is 3.99. The van der Waals surface area contributed by atoms with E-state index in [1.165, 1.54) is 10.5 Å². The van der Waals surface area contributed by atoms with Gasteiger partial charge in [-0.05, 0) is 25.0 Å². The Balaban J connectivity index is 1.97. The molecule has 3 heterocycles. The highest BCUT2D eigenvalue weighted by Crippen LogP contribution is 2.34. The lowest BCUT2D eigenvalue weighted by atomic mass is 10.2. The van der Waals surface area contributed by atoms with Gasteiger partial charge in [0, 0.05) is 25.9 Å². The van der Waals surface area contributed by atoms with Crippen molar-refractivity contribution in [3.63, 3.8) is 0 Å². The lowest BCUT2D eigenvalue weighted by Crippen LogP contribution is -2.31. The molecular formula is C12H14N4O3S. The Morgan fingerprint density at radius 1 is 1.45 bits per heavy atom. The maximum Gasteiger partial charge on any atom is 0.245 e. The zero-order chi connectivity index (χ0) is 14.2. The summed E-state index contributed by atoms with van der Waals surface area (Å²) in [5, 5.41) is 3.85. The molecular weight excluding hydrogens is 280 g/mol. The topological polar surface area (TPSA) is 89.2 Å². The molecule has 0 saturated carbocycles. The van der Waals surface area contributed by atoms with Gasteiger partial charge < -0.3 is 4.52 Å². The van der Waals surface area contributed by atoms with Crippen LogP contribution in [0.1, 0.15) is 30.6 Å². The number of aromatic nitrogens is 3. The number of pyridine rings is 1. The third-order valence-electron chi connectivity index (χ3n) is 3.29.